The van der Waals surface area contributed by atoms with Crippen LogP contribution in [0.5, 0.6) is 0 Å². The standard InChI is InChI=1S/C18H22N2O2/c1-3-10-22-11-9-19-18(21)16-6-4-5-15(12-16)17-8-7-14(2)13-20-17/h4-8,12-13H,3,9-11H2,1-2H3,(H,19,21). The van der Waals surface area contributed by atoms with Gasteiger partial charge < -0.3 is 10.1 Å². The second-order valence-electron chi connectivity index (χ2n) is 5.17. The van der Waals surface area contributed by atoms with E-state index in [1.807, 2.05) is 43.5 Å². The number of pyridine rings is 1. The van der Waals surface area contributed by atoms with Crippen molar-refractivity contribution in [3.63, 3.8) is 0 Å². The summed E-state index contributed by atoms with van der Waals surface area (Å²) in [6.45, 7) is 5.85. The molecule has 2 rings (SSSR count). The zero-order valence-corrected chi connectivity index (χ0v) is 13.1. The predicted molar refractivity (Wildman–Crippen MR) is 87.9 cm³/mol. The average Bonchev–Trinajstić information content (AvgIpc) is 2.55. The van der Waals surface area contributed by atoms with Crippen molar-refractivity contribution >= 4 is 5.91 Å². The first-order valence-corrected chi connectivity index (χ1v) is 7.59. The number of carbonyl (C=O) groups excluding carboxylic acids is 1. The summed E-state index contributed by atoms with van der Waals surface area (Å²) in [5.74, 6) is -0.0888. The van der Waals surface area contributed by atoms with Gasteiger partial charge in [0.1, 0.15) is 0 Å². The fourth-order valence-corrected chi connectivity index (χ4v) is 2.04. The molecule has 0 saturated heterocycles. The molecule has 2 aromatic rings. The highest BCUT2D eigenvalue weighted by Crippen LogP contribution is 2.18. The monoisotopic (exact) mass is 298 g/mol. The van der Waals surface area contributed by atoms with Crippen LogP contribution in [0.3, 0.4) is 0 Å². The van der Waals surface area contributed by atoms with E-state index in [1.165, 1.54) is 0 Å². The molecule has 0 fully saturated rings. The van der Waals surface area contributed by atoms with E-state index in [2.05, 4.69) is 17.2 Å². The molecular formula is C18H22N2O2. The molecule has 1 N–H and O–H groups in total. The number of aryl methyl sites for hydroxylation is 1. The summed E-state index contributed by atoms with van der Waals surface area (Å²) in [5.41, 5.74) is 3.56. The Morgan fingerprint density at radius 3 is 2.82 bits per heavy atom. The number of carbonyl (C=O) groups is 1. The lowest BCUT2D eigenvalue weighted by Crippen LogP contribution is -2.27. The zero-order chi connectivity index (χ0) is 15.8. The van der Waals surface area contributed by atoms with Crippen LogP contribution in [-0.4, -0.2) is 30.6 Å². The van der Waals surface area contributed by atoms with Crippen molar-refractivity contribution in [2.24, 2.45) is 0 Å². The number of benzene rings is 1. The largest absolute Gasteiger partial charge is 0.380 e. The first-order chi connectivity index (χ1) is 10.7. The highest BCUT2D eigenvalue weighted by molar-refractivity contribution is 5.95. The number of ether oxygens (including phenoxy) is 1. The third-order valence-electron chi connectivity index (χ3n) is 3.21. The Morgan fingerprint density at radius 2 is 2.09 bits per heavy atom. The number of aromatic nitrogens is 1. The van der Waals surface area contributed by atoms with E-state index in [4.69, 9.17) is 4.74 Å². The quantitative estimate of drug-likeness (QED) is 0.799. The SMILES string of the molecule is CCCOCCNC(=O)c1cccc(-c2ccc(C)cn2)c1. The molecule has 0 spiro atoms. The van der Waals surface area contributed by atoms with Crippen LogP contribution in [0.2, 0.25) is 0 Å². The van der Waals surface area contributed by atoms with E-state index in [9.17, 15) is 4.79 Å². The maximum atomic E-state index is 12.1. The number of amides is 1. The van der Waals surface area contributed by atoms with Gasteiger partial charge in [0.25, 0.3) is 5.91 Å². The summed E-state index contributed by atoms with van der Waals surface area (Å²) in [4.78, 5) is 16.5. The molecule has 0 aliphatic rings. The van der Waals surface area contributed by atoms with E-state index in [1.54, 1.807) is 6.07 Å². The van der Waals surface area contributed by atoms with E-state index in [-0.39, 0.29) is 5.91 Å². The van der Waals surface area contributed by atoms with Gasteiger partial charge in [0.15, 0.2) is 0 Å². The highest BCUT2D eigenvalue weighted by Gasteiger charge is 2.07. The minimum atomic E-state index is -0.0888. The molecule has 0 aliphatic heterocycles. The van der Waals surface area contributed by atoms with Gasteiger partial charge in [-0.05, 0) is 37.1 Å². The summed E-state index contributed by atoms with van der Waals surface area (Å²) in [6.07, 6.45) is 2.81. The average molecular weight is 298 g/mol. The molecule has 1 aromatic heterocycles. The summed E-state index contributed by atoms with van der Waals surface area (Å²) in [5, 5.41) is 2.86. The number of hydrogen-bond donors (Lipinski definition) is 1. The van der Waals surface area contributed by atoms with Gasteiger partial charge in [-0.2, -0.15) is 0 Å². The van der Waals surface area contributed by atoms with Crippen LogP contribution in [0.4, 0.5) is 0 Å². The fraction of sp³-hybridized carbons (Fsp3) is 0.333. The van der Waals surface area contributed by atoms with Gasteiger partial charge in [-0.15, -0.1) is 0 Å². The van der Waals surface area contributed by atoms with Crippen molar-refractivity contribution in [2.75, 3.05) is 19.8 Å². The topological polar surface area (TPSA) is 51.2 Å². The Hall–Kier alpha value is -2.20. The number of nitrogens with zero attached hydrogens (tertiary/aromatic N) is 1. The molecule has 22 heavy (non-hydrogen) atoms. The lowest BCUT2D eigenvalue weighted by molar-refractivity contribution is 0.0915. The van der Waals surface area contributed by atoms with Crippen molar-refractivity contribution in [3.05, 3.63) is 53.7 Å². The second kappa shape index (κ2) is 8.29. The van der Waals surface area contributed by atoms with Crippen LogP contribution >= 0.6 is 0 Å². The maximum absolute atomic E-state index is 12.1. The highest BCUT2D eigenvalue weighted by atomic mass is 16.5. The molecule has 0 saturated carbocycles. The molecule has 0 radical (unpaired) electrons. The van der Waals surface area contributed by atoms with Gasteiger partial charge in [-0.1, -0.05) is 25.1 Å². The predicted octanol–water partition coefficient (Wildman–Crippen LogP) is 3.21. The Bertz CT molecular complexity index is 609. The van der Waals surface area contributed by atoms with Crippen LogP contribution < -0.4 is 5.32 Å². The molecule has 1 heterocycles. The lowest BCUT2D eigenvalue weighted by atomic mass is 10.1. The third kappa shape index (κ3) is 4.67. The maximum Gasteiger partial charge on any atom is 0.251 e. The first-order valence-electron chi connectivity index (χ1n) is 7.59. The van der Waals surface area contributed by atoms with E-state index < -0.39 is 0 Å². The van der Waals surface area contributed by atoms with Crippen LogP contribution in [0, 0.1) is 6.92 Å². The minimum absolute atomic E-state index is 0.0888. The van der Waals surface area contributed by atoms with Crippen molar-refractivity contribution in [3.8, 4) is 11.3 Å². The summed E-state index contributed by atoms with van der Waals surface area (Å²) in [6, 6.07) is 11.5. The molecule has 4 nitrogen and oxygen atoms in total. The number of hydrogen-bond acceptors (Lipinski definition) is 3. The molecule has 1 amide bonds. The molecule has 116 valence electrons. The van der Waals surface area contributed by atoms with Gasteiger partial charge in [0.05, 0.1) is 12.3 Å². The minimum Gasteiger partial charge on any atom is -0.380 e. The Kier molecular flexibility index (Phi) is 6.10. The van der Waals surface area contributed by atoms with Crippen molar-refractivity contribution in [2.45, 2.75) is 20.3 Å². The molecule has 0 unspecified atom stereocenters. The smallest absolute Gasteiger partial charge is 0.251 e. The Morgan fingerprint density at radius 1 is 1.23 bits per heavy atom. The fourth-order valence-electron chi connectivity index (χ4n) is 2.04. The van der Waals surface area contributed by atoms with Gasteiger partial charge in [-0.3, -0.25) is 9.78 Å². The van der Waals surface area contributed by atoms with Crippen LogP contribution in [0.15, 0.2) is 42.6 Å². The van der Waals surface area contributed by atoms with Gasteiger partial charge in [0, 0.05) is 30.5 Å². The summed E-state index contributed by atoms with van der Waals surface area (Å²) in [7, 11) is 0. The molecule has 0 bridgehead atoms. The third-order valence-corrected chi connectivity index (χ3v) is 3.21. The van der Waals surface area contributed by atoms with Gasteiger partial charge in [-0.25, -0.2) is 0 Å². The molecule has 4 heteroatoms. The normalized spacial score (nSPS) is 10.5. The lowest BCUT2D eigenvalue weighted by Gasteiger charge is -2.07. The van der Waals surface area contributed by atoms with Gasteiger partial charge in [0.2, 0.25) is 0 Å². The van der Waals surface area contributed by atoms with Crippen LogP contribution in [0.1, 0.15) is 29.3 Å². The molecular weight excluding hydrogens is 276 g/mol. The Labute approximate surface area is 131 Å². The van der Waals surface area contributed by atoms with E-state index >= 15 is 0 Å². The second-order valence-corrected chi connectivity index (χ2v) is 5.17. The van der Waals surface area contributed by atoms with Gasteiger partial charge >= 0.3 is 0 Å². The molecule has 0 atom stereocenters. The van der Waals surface area contributed by atoms with Crippen molar-refractivity contribution < 1.29 is 9.53 Å². The van der Waals surface area contributed by atoms with Crippen molar-refractivity contribution in [1.82, 2.24) is 10.3 Å². The summed E-state index contributed by atoms with van der Waals surface area (Å²) < 4.78 is 5.35. The summed E-state index contributed by atoms with van der Waals surface area (Å²) >= 11 is 0. The zero-order valence-electron chi connectivity index (χ0n) is 13.1. The van der Waals surface area contributed by atoms with Crippen LogP contribution in [-0.2, 0) is 4.74 Å². The molecule has 1 aromatic carbocycles. The first kappa shape index (κ1) is 16.2. The van der Waals surface area contributed by atoms with E-state index in [0.29, 0.717) is 18.7 Å². The number of nitrogens with one attached hydrogen (secondary N) is 1. The van der Waals surface area contributed by atoms with Crippen LogP contribution in [0.25, 0.3) is 11.3 Å². The van der Waals surface area contributed by atoms with Crippen molar-refractivity contribution in [1.29, 1.82) is 0 Å². The number of rotatable bonds is 7. The van der Waals surface area contributed by atoms with E-state index in [0.717, 1.165) is 29.8 Å². The Balaban J connectivity index is 1.98. The molecule has 0 aliphatic carbocycles.